The molecule has 0 aliphatic carbocycles. The number of carbonyl (C=O) groups excluding carboxylic acids is 1. The van der Waals surface area contributed by atoms with Gasteiger partial charge in [0.1, 0.15) is 5.75 Å². The minimum Gasteiger partial charge on any atom is -0.475 e. The molecule has 0 aromatic heterocycles. The highest BCUT2D eigenvalue weighted by Gasteiger charge is 2.46. The van der Waals surface area contributed by atoms with Crippen LogP contribution in [0.2, 0.25) is 0 Å². The van der Waals surface area contributed by atoms with Crippen molar-refractivity contribution in [3.05, 3.63) is 18.2 Å². The van der Waals surface area contributed by atoms with Gasteiger partial charge in [0.25, 0.3) is 5.91 Å². The Balaban J connectivity index is 2.49. The number of aliphatic hydroxyl groups excluding tert-OH is 2. The van der Waals surface area contributed by atoms with Gasteiger partial charge in [-0.25, -0.2) is 0 Å². The Labute approximate surface area is 124 Å². The fourth-order valence-electron chi connectivity index (χ4n) is 2.59. The number of hydrogen-bond donors (Lipinski definition) is 3. The molecule has 0 spiro atoms. The van der Waals surface area contributed by atoms with Crippen LogP contribution < -0.4 is 15.4 Å². The number of ether oxygens (including phenoxy) is 1. The maximum atomic E-state index is 12.8. The van der Waals surface area contributed by atoms with Crippen molar-refractivity contribution >= 4 is 17.3 Å². The minimum atomic E-state index is -1.01. The number of nitrogens with zero attached hydrogens (tertiary/aromatic N) is 1. The van der Waals surface area contributed by atoms with Crippen molar-refractivity contribution in [3.63, 3.8) is 0 Å². The van der Waals surface area contributed by atoms with Gasteiger partial charge in [-0.05, 0) is 31.0 Å². The number of rotatable bonds is 5. The summed E-state index contributed by atoms with van der Waals surface area (Å²) in [5.74, 6) is 0.357. The molecule has 0 fully saturated rings. The molecule has 1 atom stereocenters. The summed E-state index contributed by atoms with van der Waals surface area (Å²) in [5, 5.41) is 18.8. The first-order chi connectivity index (χ1) is 9.97. The monoisotopic (exact) mass is 294 g/mol. The predicted molar refractivity (Wildman–Crippen MR) is 80.2 cm³/mol. The SMILES string of the molecule is CCC1(CC)Oc2ccc(N)cc2N(CC(O)CO)C1=O. The fraction of sp³-hybridized carbons (Fsp3) is 0.533. The summed E-state index contributed by atoms with van der Waals surface area (Å²) in [4.78, 5) is 14.3. The van der Waals surface area contributed by atoms with Crippen LogP contribution in [0.25, 0.3) is 0 Å². The fourth-order valence-corrected chi connectivity index (χ4v) is 2.59. The Morgan fingerprint density at radius 3 is 2.62 bits per heavy atom. The number of hydrogen-bond acceptors (Lipinski definition) is 5. The lowest BCUT2D eigenvalue weighted by atomic mass is 9.92. The normalized spacial score (nSPS) is 18.1. The van der Waals surface area contributed by atoms with Gasteiger partial charge in [-0.15, -0.1) is 0 Å². The van der Waals surface area contributed by atoms with Crippen LogP contribution in [0.5, 0.6) is 5.75 Å². The Hall–Kier alpha value is -1.79. The van der Waals surface area contributed by atoms with Gasteiger partial charge in [-0.1, -0.05) is 13.8 Å². The maximum absolute atomic E-state index is 12.8. The molecule has 4 N–H and O–H groups in total. The molecular weight excluding hydrogens is 272 g/mol. The van der Waals surface area contributed by atoms with Crippen LogP contribution in [0.1, 0.15) is 26.7 Å². The number of anilines is 2. The van der Waals surface area contributed by atoms with E-state index >= 15 is 0 Å². The summed E-state index contributed by atoms with van der Waals surface area (Å²) in [6.07, 6.45) is 0.0446. The zero-order valence-corrected chi connectivity index (χ0v) is 12.4. The van der Waals surface area contributed by atoms with Crippen LogP contribution in [0.4, 0.5) is 11.4 Å². The smallest absolute Gasteiger partial charge is 0.271 e. The van der Waals surface area contributed by atoms with Crippen LogP contribution in [-0.2, 0) is 4.79 Å². The van der Waals surface area contributed by atoms with Gasteiger partial charge in [-0.3, -0.25) is 4.79 Å². The van der Waals surface area contributed by atoms with Crippen molar-refractivity contribution in [2.45, 2.75) is 38.4 Å². The first kappa shape index (κ1) is 15.6. The number of aliphatic hydroxyl groups is 2. The predicted octanol–water partition coefficient (Wildman–Crippen LogP) is 0.906. The Morgan fingerprint density at radius 2 is 2.05 bits per heavy atom. The van der Waals surface area contributed by atoms with E-state index in [9.17, 15) is 9.90 Å². The largest absolute Gasteiger partial charge is 0.475 e. The molecule has 1 aromatic carbocycles. The second kappa shape index (κ2) is 5.91. The van der Waals surface area contributed by atoms with E-state index < -0.39 is 18.3 Å². The second-order valence-corrected chi connectivity index (χ2v) is 5.28. The summed E-state index contributed by atoms with van der Waals surface area (Å²) in [7, 11) is 0. The van der Waals surface area contributed by atoms with Crippen molar-refractivity contribution < 1.29 is 19.7 Å². The number of nitrogens with two attached hydrogens (primary N) is 1. The van der Waals surface area contributed by atoms with Gasteiger partial charge in [0.05, 0.1) is 24.9 Å². The molecule has 1 unspecified atom stereocenters. The number of benzene rings is 1. The quantitative estimate of drug-likeness (QED) is 0.701. The highest BCUT2D eigenvalue weighted by molar-refractivity contribution is 6.03. The molecular formula is C15H22N2O4. The van der Waals surface area contributed by atoms with E-state index in [2.05, 4.69) is 0 Å². The first-order valence-corrected chi connectivity index (χ1v) is 7.16. The van der Waals surface area contributed by atoms with E-state index in [0.29, 0.717) is 30.0 Å². The number of nitrogen functional groups attached to an aromatic ring is 1. The van der Waals surface area contributed by atoms with Crippen molar-refractivity contribution in [1.82, 2.24) is 0 Å². The van der Waals surface area contributed by atoms with Gasteiger partial charge >= 0.3 is 0 Å². The Kier molecular flexibility index (Phi) is 4.39. The lowest BCUT2D eigenvalue weighted by Crippen LogP contribution is -2.57. The number of amides is 1. The van der Waals surface area contributed by atoms with E-state index in [0.717, 1.165) is 0 Å². The molecule has 1 aliphatic heterocycles. The lowest BCUT2D eigenvalue weighted by Gasteiger charge is -2.42. The van der Waals surface area contributed by atoms with Gasteiger partial charge in [-0.2, -0.15) is 0 Å². The van der Waals surface area contributed by atoms with Gasteiger partial charge < -0.3 is 25.6 Å². The van der Waals surface area contributed by atoms with E-state index in [1.807, 2.05) is 13.8 Å². The molecule has 1 amide bonds. The molecule has 116 valence electrons. The molecule has 2 rings (SSSR count). The van der Waals surface area contributed by atoms with Gasteiger partial charge in [0.15, 0.2) is 5.60 Å². The first-order valence-electron chi connectivity index (χ1n) is 7.16. The van der Waals surface area contributed by atoms with Crippen molar-refractivity contribution in [2.24, 2.45) is 0 Å². The van der Waals surface area contributed by atoms with Crippen LogP contribution in [0.3, 0.4) is 0 Å². The Bertz CT molecular complexity index is 528. The van der Waals surface area contributed by atoms with Crippen LogP contribution in [0, 0.1) is 0 Å². The lowest BCUT2D eigenvalue weighted by molar-refractivity contribution is -0.136. The highest BCUT2D eigenvalue weighted by Crippen LogP contribution is 2.41. The molecule has 0 saturated heterocycles. The van der Waals surface area contributed by atoms with Gasteiger partial charge in [0, 0.05) is 5.69 Å². The number of fused-ring (bicyclic) bond motifs is 1. The number of carbonyl (C=O) groups is 1. The topological polar surface area (TPSA) is 96.0 Å². The third-order valence-electron chi connectivity index (χ3n) is 3.96. The van der Waals surface area contributed by atoms with E-state index in [4.69, 9.17) is 15.6 Å². The molecule has 0 saturated carbocycles. The van der Waals surface area contributed by atoms with Crippen LogP contribution in [0.15, 0.2) is 18.2 Å². The molecule has 0 bridgehead atoms. The summed E-state index contributed by atoms with van der Waals surface area (Å²) in [5.41, 5.74) is 5.89. The summed E-state index contributed by atoms with van der Waals surface area (Å²) >= 11 is 0. The third kappa shape index (κ3) is 2.69. The average molecular weight is 294 g/mol. The summed E-state index contributed by atoms with van der Waals surface area (Å²) in [6.45, 7) is 3.39. The Morgan fingerprint density at radius 1 is 1.38 bits per heavy atom. The zero-order chi connectivity index (χ0) is 15.6. The molecule has 0 radical (unpaired) electrons. The molecule has 6 heteroatoms. The average Bonchev–Trinajstić information content (AvgIpc) is 2.50. The molecule has 1 aliphatic rings. The van der Waals surface area contributed by atoms with Crippen molar-refractivity contribution in [2.75, 3.05) is 23.8 Å². The van der Waals surface area contributed by atoms with E-state index in [1.165, 1.54) is 4.90 Å². The zero-order valence-electron chi connectivity index (χ0n) is 12.4. The molecule has 21 heavy (non-hydrogen) atoms. The standard InChI is InChI=1S/C15H22N2O4/c1-3-15(4-2)14(20)17(8-11(19)9-18)12-7-10(16)5-6-13(12)21-15/h5-7,11,18-19H,3-4,8-9,16H2,1-2H3. The van der Waals surface area contributed by atoms with Crippen LogP contribution >= 0.6 is 0 Å². The minimum absolute atomic E-state index is 0.0108. The molecule has 1 aromatic rings. The van der Waals surface area contributed by atoms with E-state index in [1.54, 1.807) is 18.2 Å². The van der Waals surface area contributed by atoms with Crippen molar-refractivity contribution in [1.29, 1.82) is 0 Å². The van der Waals surface area contributed by atoms with E-state index in [-0.39, 0.29) is 12.5 Å². The summed E-state index contributed by atoms with van der Waals surface area (Å²) < 4.78 is 5.94. The maximum Gasteiger partial charge on any atom is 0.271 e. The molecule has 1 heterocycles. The van der Waals surface area contributed by atoms with Gasteiger partial charge in [0.2, 0.25) is 0 Å². The van der Waals surface area contributed by atoms with Crippen molar-refractivity contribution in [3.8, 4) is 5.75 Å². The van der Waals surface area contributed by atoms with Crippen LogP contribution in [-0.4, -0.2) is 41.0 Å². The number of β-amino-alcohol motifs (C(OH)–C–C–N with tert-alkyl or cyclic N) is 1. The second-order valence-electron chi connectivity index (χ2n) is 5.28. The summed E-state index contributed by atoms with van der Waals surface area (Å²) in [6, 6.07) is 5.09. The molecule has 6 nitrogen and oxygen atoms in total. The highest BCUT2D eigenvalue weighted by atomic mass is 16.5. The third-order valence-corrected chi connectivity index (χ3v) is 3.96.